The van der Waals surface area contributed by atoms with Crippen molar-refractivity contribution in [1.82, 2.24) is 0 Å². The number of nitrogens with one attached hydrogen (secondary N) is 1. The van der Waals surface area contributed by atoms with Gasteiger partial charge in [0.2, 0.25) is 0 Å². The molecular formula is C20H19F9N2O6S. The second-order valence-corrected chi connectivity index (χ2v) is 8.27. The van der Waals surface area contributed by atoms with Crippen LogP contribution < -0.4 is 10.5 Å². The highest BCUT2D eigenvalue weighted by molar-refractivity contribution is 7.93. The zero-order valence-electron chi connectivity index (χ0n) is 18.3. The van der Waals surface area contributed by atoms with E-state index in [4.69, 9.17) is 5.73 Å². The van der Waals surface area contributed by atoms with E-state index in [-0.39, 0.29) is 24.7 Å². The third kappa shape index (κ3) is 8.70. The fourth-order valence-corrected chi connectivity index (χ4v) is 2.90. The van der Waals surface area contributed by atoms with Crippen LogP contribution >= 0.6 is 0 Å². The number of sulfonamides is 1. The standard InChI is InChI=1S/C10H7F6NO4S.C9H8F3NO2.CH4/c1-21-8(18)6-3-2-5(9(11,12)13)4-7(6)17-22(19,20)10(14,15)16;1-15-8(14)6-3-2-5(4-7(6)13)9(10,11)12;/h2-4,17H,1H3;2-4H,13H2,1H3;1H4. The number of carbonyl (C=O) groups excluding carboxylic acids is 2. The molecule has 0 spiro atoms. The van der Waals surface area contributed by atoms with Gasteiger partial charge in [0.25, 0.3) is 0 Å². The van der Waals surface area contributed by atoms with E-state index in [2.05, 4.69) is 9.47 Å². The molecule has 0 aromatic heterocycles. The van der Waals surface area contributed by atoms with E-state index in [0.29, 0.717) is 18.2 Å². The number of nitrogens with two attached hydrogens (primary N) is 1. The van der Waals surface area contributed by atoms with Crippen molar-refractivity contribution in [2.24, 2.45) is 0 Å². The van der Waals surface area contributed by atoms with Crippen LogP contribution in [0.4, 0.5) is 50.9 Å². The number of esters is 2. The van der Waals surface area contributed by atoms with Crippen LogP contribution in [0.15, 0.2) is 36.4 Å². The molecule has 0 unspecified atom stereocenters. The summed E-state index contributed by atoms with van der Waals surface area (Å²) in [5.41, 5.74) is -5.14. The maximum absolute atomic E-state index is 12.5. The molecule has 0 bridgehead atoms. The third-order valence-electron chi connectivity index (χ3n) is 4.09. The predicted molar refractivity (Wildman–Crippen MR) is 115 cm³/mol. The lowest BCUT2D eigenvalue weighted by Gasteiger charge is -2.15. The Kier molecular flexibility index (Phi) is 11.0. The molecule has 2 rings (SSSR count). The van der Waals surface area contributed by atoms with Gasteiger partial charge in [-0.1, -0.05) is 7.43 Å². The Morgan fingerprint density at radius 2 is 1.16 bits per heavy atom. The Labute approximate surface area is 209 Å². The number of carbonyl (C=O) groups is 2. The highest BCUT2D eigenvalue weighted by atomic mass is 32.2. The summed E-state index contributed by atoms with van der Waals surface area (Å²) in [7, 11) is -4.06. The average Bonchev–Trinajstić information content (AvgIpc) is 2.76. The summed E-state index contributed by atoms with van der Waals surface area (Å²) in [6.07, 6.45) is -9.42. The molecule has 8 nitrogen and oxygen atoms in total. The van der Waals surface area contributed by atoms with Gasteiger partial charge in [0.05, 0.1) is 42.2 Å². The van der Waals surface area contributed by atoms with Gasteiger partial charge in [-0.3, -0.25) is 4.72 Å². The summed E-state index contributed by atoms with van der Waals surface area (Å²) >= 11 is 0. The molecule has 0 atom stereocenters. The van der Waals surface area contributed by atoms with Gasteiger partial charge >= 0.3 is 39.8 Å². The van der Waals surface area contributed by atoms with Crippen LogP contribution in [0, 0.1) is 0 Å². The minimum Gasteiger partial charge on any atom is -0.465 e. The van der Waals surface area contributed by atoms with Crippen molar-refractivity contribution in [3.63, 3.8) is 0 Å². The van der Waals surface area contributed by atoms with E-state index in [1.54, 1.807) is 0 Å². The normalized spacial score (nSPS) is 11.9. The minimum absolute atomic E-state index is 0. The molecule has 0 heterocycles. The molecule has 214 valence electrons. The Bertz CT molecular complexity index is 1260. The van der Waals surface area contributed by atoms with E-state index in [9.17, 15) is 57.5 Å². The quantitative estimate of drug-likeness (QED) is 0.277. The number of hydrogen-bond acceptors (Lipinski definition) is 7. The molecule has 2 aromatic carbocycles. The van der Waals surface area contributed by atoms with Crippen LogP contribution in [-0.2, 0) is 31.8 Å². The Balaban J connectivity index is 0.000000750. The maximum atomic E-state index is 12.5. The van der Waals surface area contributed by atoms with Crippen LogP contribution in [0.5, 0.6) is 0 Å². The van der Waals surface area contributed by atoms with Gasteiger partial charge in [-0.25, -0.2) is 9.59 Å². The summed E-state index contributed by atoms with van der Waals surface area (Å²) in [5, 5.41) is 0. The Hall–Kier alpha value is -3.70. The topological polar surface area (TPSA) is 125 Å². The molecule has 2 aromatic rings. The molecule has 3 N–H and O–H groups in total. The number of alkyl halides is 9. The first-order valence-corrected chi connectivity index (χ1v) is 10.6. The molecule has 0 aliphatic carbocycles. The molecular weight excluding hydrogens is 567 g/mol. The van der Waals surface area contributed by atoms with Crippen LogP contribution in [0.25, 0.3) is 0 Å². The van der Waals surface area contributed by atoms with Gasteiger partial charge in [0, 0.05) is 5.69 Å². The molecule has 0 saturated heterocycles. The molecule has 38 heavy (non-hydrogen) atoms. The van der Waals surface area contributed by atoms with Gasteiger partial charge in [-0.15, -0.1) is 0 Å². The summed E-state index contributed by atoms with van der Waals surface area (Å²) in [6.45, 7) is 0. The lowest BCUT2D eigenvalue weighted by Crippen LogP contribution is -2.30. The van der Waals surface area contributed by atoms with E-state index in [0.717, 1.165) is 31.1 Å². The number of ether oxygens (including phenoxy) is 2. The number of benzene rings is 2. The number of anilines is 2. The van der Waals surface area contributed by atoms with Gasteiger partial charge in [-0.05, 0) is 36.4 Å². The molecule has 18 heteroatoms. The lowest BCUT2D eigenvalue weighted by atomic mass is 10.1. The maximum Gasteiger partial charge on any atom is 0.516 e. The highest BCUT2D eigenvalue weighted by Crippen LogP contribution is 2.34. The Morgan fingerprint density at radius 1 is 0.763 bits per heavy atom. The Morgan fingerprint density at radius 3 is 1.53 bits per heavy atom. The van der Waals surface area contributed by atoms with Crippen LogP contribution in [0.2, 0.25) is 0 Å². The summed E-state index contributed by atoms with van der Waals surface area (Å²) in [5.74, 6) is -2.07. The monoisotopic (exact) mass is 586 g/mol. The second kappa shape index (κ2) is 12.2. The SMILES string of the molecule is C.COC(=O)c1ccc(C(F)(F)F)cc1N.COC(=O)c1ccc(C(F)(F)F)cc1NS(=O)(=O)C(F)(F)F. The third-order valence-corrected chi connectivity index (χ3v) is 5.18. The van der Waals surface area contributed by atoms with Crippen molar-refractivity contribution in [3.05, 3.63) is 58.7 Å². The number of nitrogen functional groups attached to an aromatic ring is 1. The largest absolute Gasteiger partial charge is 0.516 e. The predicted octanol–water partition coefficient (Wildman–Crippen LogP) is 5.46. The molecule has 0 amide bonds. The first-order chi connectivity index (χ1) is 16.7. The number of rotatable bonds is 4. The molecule has 0 aliphatic rings. The average molecular weight is 586 g/mol. The zero-order chi connectivity index (χ0) is 29.0. The van der Waals surface area contributed by atoms with Crippen LogP contribution in [0.3, 0.4) is 0 Å². The number of halogens is 9. The van der Waals surface area contributed by atoms with Crippen molar-refractivity contribution < 1.29 is 67.0 Å². The van der Waals surface area contributed by atoms with Gasteiger partial charge in [-0.2, -0.15) is 47.9 Å². The zero-order valence-corrected chi connectivity index (χ0v) is 19.1. The van der Waals surface area contributed by atoms with E-state index in [1.807, 2.05) is 0 Å². The smallest absolute Gasteiger partial charge is 0.465 e. The number of methoxy groups -OCH3 is 2. The minimum atomic E-state index is -6.00. The molecule has 0 fully saturated rings. The van der Waals surface area contributed by atoms with Gasteiger partial charge < -0.3 is 15.2 Å². The van der Waals surface area contributed by atoms with Crippen molar-refractivity contribution in [2.75, 3.05) is 24.7 Å². The highest BCUT2D eigenvalue weighted by Gasteiger charge is 2.46. The van der Waals surface area contributed by atoms with E-state index >= 15 is 0 Å². The second-order valence-electron chi connectivity index (χ2n) is 6.59. The summed E-state index contributed by atoms with van der Waals surface area (Å²) < 4.78 is 142. The van der Waals surface area contributed by atoms with Crippen LogP contribution in [0.1, 0.15) is 39.3 Å². The van der Waals surface area contributed by atoms with E-state index in [1.165, 1.54) is 0 Å². The van der Waals surface area contributed by atoms with Crippen molar-refractivity contribution in [3.8, 4) is 0 Å². The van der Waals surface area contributed by atoms with Crippen LogP contribution in [-0.4, -0.2) is 40.1 Å². The molecule has 0 saturated carbocycles. The van der Waals surface area contributed by atoms with Crippen molar-refractivity contribution in [1.29, 1.82) is 0 Å². The summed E-state index contributed by atoms with van der Waals surface area (Å²) in [6, 6.07) is 3.44. The fraction of sp³-hybridized carbons (Fsp3) is 0.300. The van der Waals surface area contributed by atoms with Gasteiger partial charge in [0.1, 0.15) is 0 Å². The van der Waals surface area contributed by atoms with Crippen molar-refractivity contribution in [2.45, 2.75) is 25.3 Å². The van der Waals surface area contributed by atoms with E-state index < -0.39 is 62.2 Å². The molecule has 0 aliphatic heterocycles. The van der Waals surface area contributed by atoms with Crippen molar-refractivity contribution >= 4 is 33.3 Å². The lowest BCUT2D eigenvalue weighted by molar-refractivity contribution is -0.138. The van der Waals surface area contributed by atoms with Gasteiger partial charge in [0.15, 0.2) is 0 Å². The summed E-state index contributed by atoms with van der Waals surface area (Å²) in [4.78, 5) is 22.3. The number of hydrogen-bond donors (Lipinski definition) is 2. The first-order valence-electron chi connectivity index (χ1n) is 9.09. The molecule has 0 radical (unpaired) electrons. The first kappa shape index (κ1) is 34.3. The fourth-order valence-electron chi connectivity index (χ4n) is 2.33.